The minimum Gasteiger partial charge on any atom is -0.306 e. The van der Waals surface area contributed by atoms with Crippen LogP contribution in [0.5, 0.6) is 0 Å². The Morgan fingerprint density at radius 3 is 1.91 bits per heavy atom. The molecule has 0 unspecified atom stereocenters. The van der Waals surface area contributed by atoms with Crippen LogP contribution >= 0.6 is 7.60 Å². The van der Waals surface area contributed by atoms with Crippen LogP contribution in [0.2, 0.25) is 0 Å². The van der Waals surface area contributed by atoms with Gasteiger partial charge in [-0.1, -0.05) is 0 Å². The van der Waals surface area contributed by atoms with Gasteiger partial charge in [0.2, 0.25) is 0 Å². The number of hydrogen-bond donors (Lipinski definition) is 0. The zero-order valence-electron chi connectivity index (χ0n) is 19.7. The second-order valence-corrected chi connectivity index (χ2v) is 3.52. The molecule has 0 saturated heterocycles. The molecule has 4 heteroatoms. The molecule has 0 bridgehead atoms. The third kappa shape index (κ3) is 6.54. The minimum absolute atomic E-state index is 0.383. The normalized spacial score (nSPS) is 38.3. The zero-order chi connectivity index (χ0) is 20.9. The van der Waals surface area contributed by atoms with Gasteiger partial charge in [0, 0.05) is 23.1 Å². The highest BCUT2D eigenvalue weighted by molar-refractivity contribution is 7.53. The first-order valence-electron chi connectivity index (χ1n) is 9.40. The van der Waals surface area contributed by atoms with Gasteiger partial charge in [-0.25, -0.2) is 0 Å². The third-order valence-corrected chi connectivity index (χ3v) is 1.54. The van der Waals surface area contributed by atoms with E-state index in [1.807, 2.05) is 0 Å². The number of rotatable bonds is 4. The van der Waals surface area contributed by atoms with Crippen molar-refractivity contribution >= 4 is 7.60 Å². The predicted molar refractivity (Wildman–Crippen MR) is 46.0 cm³/mol. The first kappa shape index (κ1) is 1.97. The molecule has 0 atom stereocenters. The molecule has 0 heterocycles. The lowest BCUT2D eigenvalue weighted by Crippen LogP contribution is -2.06. The molecule has 0 rings (SSSR count). The van der Waals surface area contributed by atoms with Gasteiger partial charge < -0.3 is 9.05 Å². The van der Waals surface area contributed by atoms with Crippen molar-refractivity contribution in [1.82, 2.24) is 0 Å². The lowest BCUT2D eigenvalue weighted by Gasteiger charge is -2.18. The maximum Gasteiger partial charge on any atom is 0.328 e. The topological polar surface area (TPSA) is 35.5 Å². The van der Waals surface area contributed by atoms with Gasteiger partial charge in [-0.3, -0.25) is 4.57 Å². The summed E-state index contributed by atoms with van der Waals surface area (Å²) in [5.74, 6) is 0. The fraction of sp³-hybridized carbons (Fsp3) is 1.00. The molecule has 0 fully saturated rings. The van der Waals surface area contributed by atoms with E-state index in [0.29, 0.717) is 6.66 Å². The molecule has 11 heavy (non-hydrogen) atoms. The summed E-state index contributed by atoms with van der Waals surface area (Å²) in [4.78, 5) is 0. The molecular formula is C7H17O3P. The van der Waals surface area contributed by atoms with Gasteiger partial charge in [-0.15, -0.1) is 0 Å². The Labute approximate surface area is 88.3 Å². The molecule has 0 aromatic rings. The summed E-state index contributed by atoms with van der Waals surface area (Å²) >= 11 is 0. The molecule has 0 aliphatic carbocycles. The van der Waals surface area contributed by atoms with E-state index in [0.717, 1.165) is 0 Å². The van der Waals surface area contributed by atoms with Crippen molar-refractivity contribution in [2.75, 3.05) is 6.66 Å². The van der Waals surface area contributed by atoms with E-state index in [-0.39, 0.29) is 0 Å². The Morgan fingerprint density at radius 2 is 1.64 bits per heavy atom. The average Bonchev–Trinajstić information content (AvgIpc) is 2.20. The molecule has 0 saturated carbocycles. The van der Waals surface area contributed by atoms with Gasteiger partial charge in [0.1, 0.15) is 0 Å². The van der Waals surface area contributed by atoms with Crippen molar-refractivity contribution in [2.24, 2.45) is 0 Å². The second kappa shape index (κ2) is 4.24. The maximum absolute atomic E-state index is 12.3. The summed E-state index contributed by atoms with van der Waals surface area (Å²) in [7, 11) is -5.14. The number of hydrogen-bond acceptors (Lipinski definition) is 3. The Morgan fingerprint density at radius 1 is 1.27 bits per heavy atom. The van der Waals surface area contributed by atoms with Crippen molar-refractivity contribution in [3.63, 3.8) is 0 Å². The maximum atomic E-state index is 12.3. The van der Waals surface area contributed by atoms with Crippen LogP contribution in [0.15, 0.2) is 0 Å². The summed E-state index contributed by atoms with van der Waals surface area (Å²) in [6.45, 7) is -14.3. The van der Waals surface area contributed by atoms with E-state index in [2.05, 4.69) is 9.05 Å². The quantitative estimate of drug-likeness (QED) is 0.645. The van der Waals surface area contributed by atoms with E-state index in [4.69, 9.17) is 19.2 Å². The SMILES string of the molecule is [2H]C([2H])([2H])C([2H])(OP(C)(=O)OC([2H])(C([2H])([2H])[2H])C([2H])([2H])[2H])C([2H])([2H])[2H]. The standard InChI is InChI=1S/C7H17O3P/c1-6(2)9-11(5,8)10-7(3)4/h6-7H,1-5H3/i1D3,2D3,3D3,4D3,6D,7D. The first-order valence-corrected chi connectivity index (χ1v) is 4.39. The van der Waals surface area contributed by atoms with Crippen LogP contribution in [-0.2, 0) is 13.6 Å². The van der Waals surface area contributed by atoms with Crippen molar-refractivity contribution in [3.05, 3.63) is 0 Å². The van der Waals surface area contributed by atoms with Crippen LogP contribution in [0.3, 0.4) is 0 Å². The van der Waals surface area contributed by atoms with E-state index in [1.54, 1.807) is 0 Å². The lowest BCUT2D eigenvalue weighted by molar-refractivity contribution is 0.146. The highest BCUT2D eigenvalue weighted by Crippen LogP contribution is 2.46. The minimum atomic E-state index is -5.14. The Balaban J connectivity index is 6.06. The molecular weight excluding hydrogens is 163 g/mol. The van der Waals surface area contributed by atoms with Crippen LogP contribution in [0, 0.1) is 0 Å². The van der Waals surface area contributed by atoms with Gasteiger partial charge in [0.05, 0.1) is 14.9 Å². The molecule has 68 valence electrons. The van der Waals surface area contributed by atoms with Crippen LogP contribution in [0.25, 0.3) is 0 Å². The van der Waals surface area contributed by atoms with E-state index < -0.39 is 47.2 Å². The summed E-state index contributed by atoms with van der Waals surface area (Å²) in [6, 6.07) is 0. The fourth-order valence-electron chi connectivity index (χ4n) is 0.350. The lowest BCUT2D eigenvalue weighted by atomic mass is 10.5. The van der Waals surface area contributed by atoms with E-state index >= 15 is 0 Å². The fourth-order valence-corrected chi connectivity index (χ4v) is 1.05. The van der Waals surface area contributed by atoms with E-state index in [9.17, 15) is 4.57 Å². The van der Waals surface area contributed by atoms with Crippen molar-refractivity contribution in [1.29, 1.82) is 0 Å². The highest BCUT2D eigenvalue weighted by atomic mass is 31.2. The van der Waals surface area contributed by atoms with Gasteiger partial charge in [0.15, 0.2) is 0 Å². The molecule has 0 amide bonds. The van der Waals surface area contributed by atoms with Gasteiger partial charge >= 0.3 is 7.60 Å². The smallest absolute Gasteiger partial charge is 0.306 e. The third-order valence-electron chi connectivity index (χ3n) is 0.514. The molecule has 0 spiro atoms. The first-order chi connectivity index (χ1) is 10.4. The summed E-state index contributed by atoms with van der Waals surface area (Å²) in [5.41, 5.74) is 0. The molecule has 0 aliphatic heterocycles. The highest BCUT2D eigenvalue weighted by Gasteiger charge is 2.19. The monoisotopic (exact) mass is 194 g/mol. The molecule has 0 N–H and O–H groups in total. The van der Waals surface area contributed by atoms with Crippen molar-refractivity contribution in [3.8, 4) is 0 Å². The Bertz CT molecular complexity index is 455. The molecule has 3 nitrogen and oxygen atoms in total. The average molecular weight is 194 g/mol. The molecule has 0 radical (unpaired) electrons. The van der Waals surface area contributed by atoms with Crippen molar-refractivity contribution in [2.45, 2.75) is 39.6 Å². The Kier molecular flexibility index (Phi) is 0.760. The van der Waals surface area contributed by atoms with Gasteiger partial charge in [0.25, 0.3) is 0 Å². The largest absolute Gasteiger partial charge is 0.328 e. The summed E-state index contributed by atoms with van der Waals surface area (Å²) < 4.78 is 121. The van der Waals surface area contributed by atoms with Gasteiger partial charge in [-0.2, -0.15) is 0 Å². The van der Waals surface area contributed by atoms with Crippen LogP contribution < -0.4 is 0 Å². The predicted octanol–water partition coefficient (Wildman–Crippen LogP) is 2.66. The molecule has 0 aliphatic rings. The van der Waals surface area contributed by atoms with Gasteiger partial charge in [-0.05, 0) is 27.4 Å². The van der Waals surface area contributed by atoms with Crippen molar-refractivity contribution < 1.29 is 32.8 Å². The Hall–Kier alpha value is 0.150. The summed E-state index contributed by atoms with van der Waals surface area (Å²) in [5, 5.41) is 0. The zero-order valence-corrected chi connectivity index (χ0v) is 6.57. The van der Waals surface area contributed by atoms with Crippen LogP contribution in [-0.4, -0.2) is 18.8 Å². The van der Waals surface area contributed by atoms with E-state index in [1.165, 1.54) is 0 Å². The second-order valence-electron chi connectivity index (χ2n) is 1.61. The molecule has 0 aromatic heterocycles. The van der Waals surface area contributed by atoms with Crippen LogP contribution in [0.1, 0.15) is 46.6 Å². The van der Waals surface area contributed by atoms with Crippen LogP contribution in [0.4, 0.5) is 0 Å². The molecule has 0 aromatic carbocycles. The summed E-state index contributed by atoms with van der Waals surface area (Å²) in [6.07, 6.45) is -7.62.